The number of carbonyl (C=O) groups is 1. The van der Waals surface area contributed by atoms with Crippen molar-refractivity contribution in [2.24, 2.45) is 0 Å². The Hall–Kier alpha value is -1.53. The Bertz CT molecular complexity index is 674. The molecule has 0 aromatic heterocycles. The van der Waals surface area contributed by atoms with Gasteiger partial charge in [0.1, 0.15) is 6.10 Å². The van der Waals surface area contributed by atoms with Gasteiger partial charge in [-0.15, -0.1) is 0 Å². The molecule has 1 aliphatic rings. The molecule has 2 aromatic rings. The summed E-state index contributed by atoms with van der Waals surface area (Å²) in [6, 6.07) is 19.1. The Morgan fingerprint density at radius 3 is 2.19 bits per heavy atom. The summed E-state index contributed by atoms with van der Waals surface area (Å²) in [5.74, 6) is 0. The Morgan fingerprint density at radius 1 is 0.815 bits per heavy atom. The Balaban J connectivity index is 0.00000261. The molecule has 0 aliphatic carbocycles. The summed E-state index contributed by atoms with van der Waals surface area (Å²) < 4.78 is 10.3. The van der Waals surface area contributed by atoms with Crippen molar-refractivity contribution >= 4 is 25.3 Å². The number of benzene rings is 2. The monoisotopic (exact) mass is 360 g/mol. The van der Waals surface area contributed by atoms with Gasteiger partial charge in [0, 0.05) is 0 Å². The molecule has 1 unspecified atom stereocenters. The van der Waals surface area contributed by atoms with Crippen LogP contribution in [0.3, 0.4) is 0 Å². The topological polar surface area (TPSA) is 38.8 Å². The van der Waals surface area contributed by atoms with E-state index < -0.39 is 6.29 Å². The summed E-state index contributed by atoms with van der Waals surface area (Å²) in [6.07, 6.45) is 9.46. The van der Waals surface area contributed by atoms with Gasteiger partial charge in [0.25, 0.3) is 6.47 Å². The van der Waals surface area contributed by atoms with E-state index in [-0.39, 0.29) is 25.0 Å². The predicted octanol–water partition coefficient (Wildman–Crippen LogP) is 4.73. The summed E-state index contributed by atoms with van der Waals surface area (Å²) in [6.45, 7) is 0.463. The second-order valence-electron chi connectivity index (χ2n) is 6.96. The van der Waals surface area contributed by atoms with E-state index in [2.05, 4.69) is 48.5 Å². The molecule has 1 fully saturated rings. The normalized spacial score (nSPS) is 17.8. The molecule has 3 nitrogen and oxygen atoms in total. The molecular weight excluding hydrogens is 331 g/mol. The van der Waals surface area contributed by atoms with E-state index in [1.165, 1.54) is 61.6 Å². The van der Waals surface area contributed by atoms with Gasteiger partial charge in [-0.2, -0.15) is 0 Å². The Morgan fingerprint density at radius 2 is 1.44 bits per heavy atom. The third-order valence-electron chi connectivity index (χ3n) is 5.01. The molecule has 1 heterocycles. The third kappa shape index (κ3) is 7.18. The van der Waals surface area contributed by atoms with Gasteiger partial charge >= 0.3 is 18.9 Å². The van der Waals surface area contributed by atoms with E-state index in [1.807, 2.05) is 6.07 Å². The number of aryl methyl sites for hydroxylation is 2. The van der Waals surface area contributed by atoms with Crippen LogP contribution in [0.15, 0.2) is 54.6 Å². The van der Waals surface area contributed by atoms with Crippen LogP contribution in [0, 0.1) is 0 Å². The fraction of sp³-hybridized carbons (Fsp3) is 0.435. The van der Waals surface area contributed by atoms with Crippen LogP contribution in [0.25, 0.3) is 0 Å². The average Bonchev–Trinajstić information content (AvgIpc) is 3.44. The first-order chi connectivity index (χ1) is 12.9. The number of rotatable bonds is 12. The number of carbonyl (C=O) groups excluding carboxylic acids is 1. The van der Waals surface area contributed by atoms with Crippen molar-refractivity contribution in [2.75, 3.05) is 0 Å². The number of ether oxygens (including phenoxy) is 2. The molecule has 140 valence electrons. The van der Waals surface area contributed by atoms with Crippen LogP contribution in [-0.4, -0.2) is 31.6 Å². The molecule has 1 saturated heterocycles. The van der Waals surface area contributed by atoms with Gasteiger partial charge in [0.05, 0.1) is 0 Å². The van der Waals surface area contributed by atoms with Gasteiger partial charge in [-0.25, -0.2) is 0 Å². The fourth-order valence-electron chi connectivity index (χ4n) is 3.51. The van der Waals surface area contributed by atoms with Crippen molar-refractivity contribution in [1.82, 2.24) is 0 Å². The van der Waals surface area contributed by atoms with Gasteiger partial charge in [-0.05, 0) is 42.4 Å². The first-order valence-electron chi connectivity index (χ1n) is 9.75. The average molecular weight is 360 g/mol. The number of unbranched alkanes of at least 4 members (excludes halogenated alkanes) is 5. The zero-order chi connectivity index (χ0) is 18.0. The van der Waals surface area contributed by atoms with E-state index in [4.69, 9.17) is 9.47 Å². The maximum absolute atomic E-state index is 10.4. The summed E-state index contributed by atoms with van der Waals surface area (Å²) in [5, 5.41) is 0. The number of hydrogen-bond acceptors (Lipinski definition) is 3. The number of hydrogen-bond donors (Lipinski definition) is 0. The molecule has 0 spiro atoms. The van der Waals surface area contributed by atoms with E-state index in [0.29, 0.717) is 6.47 Å². The van der Waals surface area contributed by atoms with Crippen LogP contribution in [0.5, 0.6) is 0 Å². The van der Waals surface area contributed by atoms with Crippen molar-refractivity contribution in [1.29, 1.82) is 0 Å². The second-order valence-corrected chi connectivity index (χ2v) is 6.96. The quantitative estimate of drug-likeness (QED) is 0.238. The maximum atomic E-state index is 10.4. The molecule has 0 saturated carbocycles. The third-order valence-corrected chi connectivity index (χ3v) is 5.01. The van der Waals surface area contributed by atoms with Gasteiger partial charge in [-0.3, -0.25) is 4.79 Å². The molecule has 2 atom stereocenters. The Labute approximate surface area is 174 Å². The van der Waals surface area contributed by atoms with Crippen molar-refractivity contribution in [3.05, 3.63) is 71.3 Å². The molecule has 1 aliphatic heterocycles. The van der Waals surface area contributed by atoms with Crippen LogP contribution in [0.4, 0.5) is 0 Å². The summed E-state index contributed by atoms with van der Waals surface area (Å²) in [7, 11) is 0. The summed E-state index contributed by atoms with van der Waals surface area (Å²) >= 11 is 0. The zero-order valence-electron chi connectivity index (χ0n) is 15.3. The van der Waals surface area contributed by atoms with E-state index in [1.54, 1.807) is 0 Å². The molecule has 0 bridgehead atoms. The zero-order valence-corrected chi connectivity index (χ0v) is 15.3. The summed E-state index contributed by atoms with van der Waals surface area (Å²) in [5.41, 5.74) is 3.93. The second kappa shape index (κ2) is 12.0. The molecular formula is C23H29LiO3. The standard InChI is InChI=1S/C23H28O3.Li.H/c24-18-25-23-22(26-23)21-17-11-10-16-20(21)15-9-4-2-1-3-6-12-19-13-7-5-8-14-19;;/h5,7-8,10-11,13-14,16-18,22-23H,1-4,6,9,12,15H2;;/t22?,23-;;/m0../s1. The first-order valence-corrected chi connectivity index (χ1v) is 9.75. The van der Waals surface area contributed by atoms with Crippen LogP contribution in [0.2, 0.25) is 0 Å². The van der Waals surface area contributed by atoms with Crippen LogP contribution < -0.4 is 0 Å². The minimum atomic E-state index is -0.390. The van der Waals surface area contributed by atoms with Gasteiger partial charge in [0.2, 0.25) is 6.29 Å². The molecule has 2 aromatic carbocycles. The van der Waals surface area contributed by atoms with Gasteiger partial charge < -0.3 is 9.47 Å². The van der Waals surface area contributed by atoms with E-state index in [0.717, 1.165) is 6.42 Å². The van der Waals surface area contributed by atoms with E-state index >= 15 is 0 Å². The fourth-order valence-corrected chi connectivity index (χ4v) is 3.51. The van der Waals surface area contributed by atoms with Crippen LogP contribution in [-0.2, 0) is 27.1 Å². The van der Waals surface area contributed by atoms with Crippen molar-refractivity contribution < 1.29 is 14.3 Å². The van der Waals surface area contributed by atoms with Crippen LogP contribution in [0.1, 0.15) is 61.3 Å². The molecule has 0 radical (unpaired) electrons. The predicted molar refractivity (Wildman–Crippen MR) is 110 cm³/mol. The van der Waals surface area contributed by atoms with Gasteiger partial charge in [-0.1, -0.05) is 80.3 Å². The molecule has 0 amide bonds. The SMILES string of the molecule is O=CO[C@H]1OC1c1ccccc1CCCCCCCCc1ccccc1.[LiH]. The molecule has 4 heteroatoms. The van der Waals surface area contributed by atoms with Gasteiger partial charge in [0.15, 0.2) is 0 Å². The molecule has 0 N–H and O–H groups in total. The van der Waals surface area contributed by atoms with Crippen molar-refractivity contribution in [2.45, 2.75) is 63.8 Å². The van der Waals surface area contributed by atoms with Crippen LogP contribution >= 0.6 is 0 Å². The Kier molecular flexibility index (Phi) is 9.70. The summed E-state index contributed by atoms with van der Waals surface area (Å²) in [4.78, 5) is 10.4. The van der Waals surface area contributed by atoms with E-state index in [9.17, 15) is 4.79 Å². The minimum absolute atomic E-state index is 0. The van der Waals surface area contributed by atoms with Crippen molar-refractivity contribution in [3.8, 4) is 0 Å². The molecule has 27 heavy (non-hydrogen) atoms. The first kappa shape index (κ1) is 21.8. The molecule has 3 rings (SSSR count). The van der Waals surface area contributed by atoms with Crippen molar-refractivity contribution in [3.63, 3.8) is 0 Å². The number of epoxide rings is 1.